The van der Waals surface area contributed by atoms with Crippen molar-refractivity contribution in [1.82, 2.24) is 0 Å². The molecule has 7 aromatic rings. The van der Waals surface area contributed by atoms with E-state index in [9.17, 15) is 9.59 Å². The van der Waals surface area contributed by atoms with Crippen molar-refractivity contribution >= 4 is 55.0 Å². The molecule has 49 heavy (non-hydrogen) atoms. The van der Waals surface area contributed by atoms with Gasteiger partial charge in [0.25, 0.3) is 0 Å². The normalized spacial score (nSPS) is 12.6. The van der Waals surface area contributed by atoms with Crippen LogP contribution in [-0.4, -0.2) is 37.4 Å². The first-order chi connectivity index (χ1) is 23.8. The molecule has 0 saturated heterocycles. The van der Waals surface area contributed by atoms with Gasteiger partial charge in [0.15, 0.2) is 0 Å². The number of fused-ring (bicyclic) bond motifs is 4. The highest BCUT2D eigenvalue weighted by Gasteiger charge is 2.20. The average molecular weight is 649 g/mol. The summed E-state index contributed by atoms with van der Waals surface area (Å²) in [4.78, 5) is 26.0. The lowest BCUT2D eigenvalue weighted by Crippen LogP contribution is -2.22. The zero-order chi connectivity index (χ0) is 33.9. The second-order valence-electron chi connectivity index (χ2n) is 12.4. The monoisotopic (exact) mass is 648 g/mol. The highest BCUT2D eigenvalue weighted by Crippen LogP contribution is 2.43. The molecule has 6 heteroatoms. The zero-order valence-electron chi connectivity index (χ0n) is 27.6. The summed E-state index contributed by atoms with van der Waals surface area (Å²) in [5.41, 5.74) is 2.05. The van der Waals surface area contributed by atoms with Gasteiger partial charge in [-0.05, 0) is 72.6 Å². The Hall–Kier alpha value is -5.88. The highest BCUT2D eigenvalue weighted by molar-refractivity contribution is 6.11. The third-order valence-electron chi connectivity index (χ3n) is 8.59. The second kappa shape index (κ2) is 13.7. The number of aryl methyl sites for hydroxylation is 1. The molecule has 0 amide bonds. The fourth-order valence-corrected chi connectivity index (χ4v) is 6.13. The van der Waals surface area contributed by atoms with E-state index in [0.717, 1.165) is 48.7 Å². The molecule has 0 aromatic heterocycles. The van der Waals surface area contributed by atoms with Crippen LogP contribution >= 0.6 is 0 Å². The van der Waals surface area contributed by atoms with Crippen LogP contribution in [0.25, 0.3) is 43.1 Å². The summed E-state index contributed by atoms with van der Waals surface area (Å²) in [6.45, 7) is 6.00. The quantitative estimate of drug-likeness (QED) is 0.109. The van der Waals surface area contributed by atoms with Crippen molar-refractivity contribution in [3.8, 4) is 11.5 Å². The number of carbonyl (C=O) groups is 2. The Bertz CT molecular complexity index is 2340. The van der Waals surface area contributed by atoms with Gasteiger partial charge in [0.2, 0.25) is 0 Å². The van der Waals surface area contributed by atoms with Gasteiger partial charge >= 0.3 is 11.9 Å². The van der Waals surface area contributed by atoms with Crippen LogP contribution in [0.5, 0.6) is 11.5 Å². The van der Waals surface area contributed by atoms with E-state index < -0.39 is 24.1 Å². The van der Waals surface area contributed by atoms with Gasteiger partial charge in [-0.3, -0.25) is 0 Å². The smallest absolute Gasteiger partial charge is 0.338 e. The van der Waals surface area contributed by atoms with E-state index in [0.29, 0.717) is 22.6 Å². The number of esters is 2. The van der Waals surface area contributed by atoms with Crippen LogP contribution in [0.15, 0.2) is 127 Å². The molecule has 0 spiro atoms. The zero-order valence-corrected chi connectivity index (χ0v) is 27.6. The molecule has 0 saturated carbocycles. The van der Waals surface area contributed by atoms with Gasteiger partial charge in [-0.15, -0.1) is 0 Å². The van der Waals surface area contributed by atoms with Gasteiger partial charge in [-0.2, -0.15) is 0 Å². The summed E-state index contributed by atoms with van der Waals surface area (Å²) in [6, 6.07) is 40.9. The molecule has 2 atom stereocenters. The topological polar surface area (TPSA) is 71.1 Å². The molecule has 244 valence electrons. The van der Waals surface area contributed by atoms with Gasteiger partial charge in [0, 0.05) is 21.5 Å². The van der Waals surface area contributed by atoms with Gasteiger partial charge in [0.05, 0.1) is 11.1 Å². The van der Waals surface area contributed by atoms with Gasteiger partial charge in [-0.1, -0.05) is 103 Å². The summed E-state index contributed by atoms with van der Waals surface area (Å²) < 4.78 is 24.5. The van der Waals surface area contributed by atoms with Crippen LogP contribution in [0.2, 0.25) is 0 Å². The third kappa shape index (κ3) is 6.76. The molecule has 0 N–H and O–H groups in total. The molecule has 0 aliphatic carbocycles. The number of rotatable bonds is 10. The molecule has 0 fully saturated rings. The Morgan fingerprint density at radius 1 is 0.490 bits per heavy atom. The van der Waals surface area contributed by atoms with E-state index in [2.05, 4.69) is 6.07 Å². The van der Waals surface area contributed by atoms with Gasteiger partial charge < -0.3 is 18.9 Å². The molecule has 0 bridgehead atoms. The molecule has 6 nitrogen and oxygen atoms in total. The number of hydrogen-bond donors (Lipinski definition) is 0. The van der Waals surface area contributed by atoms with Crippen LogP contribution in [0.1, 0.15) is 40.1 Å². The number of ether oxygens (including phenoxy) is 4. The van der Waals surface area contributed by atoms with Gasteiger partial charge in [-0.25, -0.2) is 9.59 Å². The Kier molecular flexibility index (Phi) is 8.86. The maximum Gasteiger partial charge on any atom is 0.338 e. The SMILES string of the molecule is Cc1ccc2c(OCC(C)OC(=O)c3ccc4ccccc4c3)c3ccccc3c(OCC(C)OC(=O)c3ccc4ccccc4c3)c2c1. The largest absolute Gasteiger partial charge is 0.488 e. The minimum Gasteiger partial charge on any atom is -0.488 e. The van der Waals surface area contributed by atoms with Crippen LogP contribution in [0, 0.1) is 6.92 Å². The van der Waals surface area contributed by atoms with Crippen molar-refractivity contribution in [1.29, 1.82) is 0 Å². The third-order valence-corrected chi connectivity index (χ3v) is 8.59. The lowest BCUT2D eigenvalue weighted by atomic mass is 9.99. The van der Waals surface area contributed by atoms with Crippen molar-refractivity contribution in [2.45, 2.75) is 33.0 Å². The Balaban J connectivity index is 1.09. The number of carbonyl (C=O) groups excluding carboxylic acids is 2. The maximum atomic E-state index is 13.0. The van der Waals surface area contributed by atoms with Crippen molar-refractivity contribution in [3.05, 3.63) is 144 Å². The van der Waals surface area contributed by atoms with E-state index in [4.69, 9.17) is 18.9 Å². The molecule has 0 aliphatic rings. The highest BCUT2D eigenvalue weighted by atomic mass is 16.6. The van der Waals surface area contributed by atoms with Crippen molar-refractivity contribution in [3.63, 3.8) is 0 Å². The van der Waals surface area contributed by atoms with E-state index in [1.165, 1.54) is 0 Å². The molecule has 0 heterocycles. The molecule has 0 aliphatic heterocycles. The van der Waals surface area contributed by atoms with Crippen molar-refractivity contribution in [2.24, 2.45) is 0 Å². The Morgan fingerprint density at radius 2 is 0.918 bits per heavy atom. The summed E-state index contributed by atoms with van der Waals surface area (Å²) in [6.07, 6.45) is -1.01. The van der Waals surface area contributed by atoms with Crippen LogP contribution in [0.4, 0.5) is 0 Å². The van der Waals surface area contributed by atoms with Crippen LogP contribution < -0.4 is 9.47 Å². The molecule has 0 radical (unpaired) electrons. The summed E-state index contributed by atoms with van der Waals surface area (Å²) in [7, 11) is 0. The Morgan fingerprint density at radius 3 is 1.43 bits per heavy atom. The summed E-state index contributed by atoms with van der Waals surface area (Å²) in [5.74, 6) is 0.575. The van der Waals surface area contributed by atoms with E-state index >= 15 is 0 Å². The first-order valence-electron chi connectivity index (χ1n) is 16.4. The molecular weight excluding hydrogens is 612 g/mol. The molecule has 7 rings (SSSR count). The molecular formula is C43H36O6. The molecule has 7 aromatic carbocycles. The maximum absolute atomic E-state index is 13.0. The van der Waals surface area contributed by atoms with Gasteiger partial charge in [0.1, 0.15) is 36.9 Å². The average Bonchev–Trinajstić information content (AvgIpc) is 3.12. The lowest BCUT2D eigenvalue weighted by molar-refractivity contribution is 0.0222. The second-order valence-corrected chi connectivity index (χ2v) is 12.4. The summed E-state index contributed by atoms with van der Waals surface area (Å²) in [5, 5.41) is 7.56. The standard InChI is InChI=1S/C43H36O6/c1-27-16-21-38-39(22-27)41(47-26-29(3)49-43(45)35-20-18-31-11-5-7-13-33(31)24-35)37-15-9-8-14-36(37)40(38)46-25-28(2)48-42(44)34-19-17-30-10-4-6-12-32(30)23-34/h4-24,28-29H,25-26H2,1-3H3. The minimum absolute atomic E-state index is 0.161. The predicted octanol–water partition coefficient (Wildman–Crippen LogP) is 9.86. The first-order valence-corrected chi connectivity index (χ1v) is 16.4. The fraction of sp³-hybridized carbons (Fsp3) is 0.163. The van der Waals surface area contributed by atoms with Crippen LogP contribution in [-0.2, 0) is 9.47 Å². The van der Waals surface area contributed by atoms with E-state index in [1.54, 1.807) is 12.1 Å². The minimum atomic E-state index is -0.508. The van der Waals surface area contributed by atoms with Crippen molar-refractivity contribution in [2.75, 3.05) is 13.2 Å². The number of benzene rings is 7. The molecule has 2 unspecified atom stereocenters. The first kappa shape index (κ1) is 31.7. The van der Waals surface area contributed by atoms with Crippen LogP contribution in [0.3, 0.4) is 0 Å². The predicted molar refractivity (Wildman–Crippen MR) is 195 cm³/mol. The van der Waals surface area contributed by atoms with E-state index in [1.807, 2.05) is 130 Å². The number of hydrogen-bond acceptors (Lipinski definition) is 6. The lowest BCUT2D eigenvalue weighted by Gasteiger charge is -2.21. The summed E-state index contributed by atoms with van der Waals surface area (Å²) >= 11 is 0. The van der Waals surface area contributed by atoms with E-state index in [-0.39, 0.29) is 13.2 Å². The fourth-order valence-electron chi connectivity index (χ4n) is 6.13. The Labute approximate surface area is 284 Å². The van der Waals surface area contributed by atoms with Crippen molar-refractivity contribution < 1.29 is 28.5 Å².